The molecule has 1 amide bonds. The van der Waals surface area contributed by atoms with Gasteiger partial charge in [-0.05, 0) is 62.6 Å². The Labute approximate surface area is 170 Å². The maximum absolute atomic E-state index is 12.8. The van der Waals surface area contributed by atoms with Crippen molar-refractivity contribution >= 4 is 15.9 Å². The van der Waals surface area contributed by atoms with Gasteiger partial charge in [0.1, 0.15) is 0 Å². The van der Waals surface area contributed by atoms with E-state index in [0.717, 1.165) is 37.7 Å². The SMILES string of the molecule is CC(C)C(C)N(C(=O)CCc1ccc(S(=O)(=O)N2CCCCC2)cc1)C1CC1. The highest BCUT2D eigenvalue weighted by Crippen LogP contribution is 2.31. The molecule has 0 aromatic heterocycles. The zero-order chi connectivity index (χ0) is 20.3. The largest absolute Gasteiger partial charge is 0.337 e. The highest BCUT2D eigenvalue weighted by Gasteiger charge is 2.36. The molecule has 1 saturated heterocycles. The van der Waals surface area contributed by atoms with Crippen LogP contribution in [-0.4, -0.2) is 48.7 Å². The molecule has 0 radical (unpaired) electrons. The van der Waals surface area contributed by atoms with Crippen LogP contribution >= 0.6 is 0 Å². The van der Waals surface area contributed by atoms with E-state index in [2.05, 4.69) is 25.7 Å². The number of aryl methyl sites for hydroxylation is 1. The van der Waals surface area contributed by atoms with Gasteiger partial charge >= 0.3 is 0 Å². The van der Waals surface area contributed by atoms with Gasteiger partial charge in [0.25, 0.3) is 0 Å². The van der Waals surface area contributed by atoms with Crippen LogP contribution in [0.2, 0.25) is 0 Å². The predicted molar refractivity (Wildman–Crippen MR) is 112 cm³/mol. The lowest BCUT2D eigenvalue weighted by atomic mass is 10.0. The molecule has 0 spiro atoms. The third kappa shape index (κ3) is 4.95. The summed E-state index contributed by atoms with van der Waals surface area (Å²) < 4.78 is 27.1. The van der Waals surface area contributed by atoms with Crippen molar-refractivity contribution < 1.29 is 13.2 Å². The Kier molecular flexibility index (Phi) is 6.81. The number of piperidine rings is 1. The van der Waals surface area contributed by atoms with E-state index < -0.39 is 10.0 Å². The van der Waals surface area contributed by atoms with E-state index in [9.17, 15) is 13.2 Å². The molecular formula is C22H34N2O3S. The van der Waals surface area contributed by atoms with E-state index in [1.165, 1.54) is 0 Å². The molecule has 1 unspecified atom stereocenters. The topological polar surface area (TPSA) is 57.7 Å². The van der Waals surface area contributed by atoms with Gasteiger partial charge in [0.15, 0.2) is 0 Å². The van der Waals surface area contributed by atoms with Crippen LogP contribution in [-0.2, 0) is 21.2 Å². The van der Waals surface area contributed by atoms with Crippen LogP contribution in [0.4, 0.5) is 0 Å². The van der Waals surface area contributed by atoms with E-state index in [1.807, 2.05) is 12.1 Å². The molecule has 1 aliphatic carbocycles. The number of carbonyl (C=O) groups excluding carboxylic acids is 1. The summed E-state index contributed by atoms with van der Waals surface area (Å²) >= 11 is 0. The van der Waals surface area contributed by atoms with Gasteiger partial charge in [0.2, 0.25) is 15.9 Å². The van der Waals surface area contributed by atoms with Gasteiger partial charge in [-0.2, -0.15) is 4.31 Å². The minimum Gasteiger partial charge on any atom is -0.337 e. The lowest BCUT2D eigenvalue weighted by Gasteiger charge is -2.32. The average Bonchev–Trinajstić information content (AvgIpc) is 3.52. The lowest BCUT2D eigenvalue weighted by Crippen LogP contribution is -2.43. The Balaban J connectivity index is 1.60. The summed E-state index contributed by atoms with van der Waals surface area (Å²) in [5.74, 6) is 0.664. The number of nitrogens with zero attached hydrogens (tertiary/aromatic N) is 2. The average molecular weight is 407 g/mol. The van der Waals surface area contributed by atoms with Crippen molar-refractivity contribution in [2.24, 2.45) is 5.92 Å². The number of amides is 1. The molecule has 3 rings (SSSR count). The minimum absolute atomic E-state index is 0.216. The molecule has 28 heavy (non-hydrogen) atoms. The van der Waals surface area contributed by atoms with Crippen molar-refractivity contribution in [2.45, 2.75) is 82.7 Å². The molecule has 1 atom stereocenters. The normalized spacial score (nSPS) is 19.6. The van der Waals surface area contributed by atoms with Gasteiger partial charge in [-0.15, -0.1) is 0 Å². The first-order chi connectivity index (χ1) is 13.3. The zero-order valence-corrected chi connectivity index (χ0v) is 18.2. The number of rotatable bonds is 8. The van der Waals surface area contributed by atoms with E-state index >= 15 is 0 Å². The van der Waals surface area contributed by atoms with E-state index in [1.54, 1.807) is 16.4 Å². The molecule has 2 fully saturated rings. The zero-order valence-electron chi connectivity index (χ0n) is 17.4. The standard InChI is InChI=1S/C22H34N2O3S/c1-17(2)18(3)24(20-10-11-20)22(25)14-9-19-7-12-21(13-8-19)28(26,27)23-15-5-4-6-16-23/h7-8,12-13,17-18,20H,4-6,9-11,14-16H2,1-3H3. The Bertz CT molecular complexity index is 763. The second-order valence-corrected chi connectivity index (χ2v) is 10.6. The fourth-order valence-corrected chi connectivity index (χ4v) is 5.42. The molecule has 1 aliphatic heterocycles. The van der Waals surface area contributed by atoms with Gasteiger partial charge in [-0.3, -0.25) is 4.79 Å². The summed E-state index contributed by atoms with van der Waals surface area (Å²) in [5, 5.41) is 0. The molecule has 0 bridgehead atoms. The highest BCUT2D eigenvalue weighted by atomic mass is 32.2. The molecule has 1 aromatic carbocycles. The van der Waals surface area contributed by atoms with Crippen molar-refractivity contribution in [3.05, 3.63) is 29.8 Å². The van der Waals surface area contributed by atoms with Crippen LogP contribution in [0.25, 0.3) is 0 Å². The van der Waals surface area contributed by atoms with E-state index in [-0.39, 0.29) is 11.9 Å². The van der Waals surface area contributed by atoms with E-state index in [4.69, 9.17) is 0 Å². The number of sulfonamides is 1. The predicted octanol–water partition coefficient (Wildman–Crippen LogP) is 3.83. The third-order valence-corrected chi connectivity index (χ3v) is 8.05. The van der Waals surface area contributed by atoms with Crippen LogP contribution in [0.1, 0.15) is 64.9 Å². The molecule has 1 heterocycles. The van der Waals surface area contributed by atoms with Gasteiger partial charge in [0, 0.05) is 31.6 Å². The summed E-state index contributed by atoms with van der Waals surface area (Å²) in [6.07, 6.45) is 6.34. The first-order valence-corrected chi connectivity index (χ1v) is 12.1. The fraction of sp³-hybridized carbons (Fsp3) is 0.682. The quantitative estimate of drug-likeness (QED) is 0.659. The summed E-state index contributed by atoms with van der Waals surface area (Å²) in [6.45, 7) is 7.69. The second kappa shape index (κ2) is 8.95. The van der Waals surface area contributed by atoms with Crippen molar-refractivity contribution in [1.29, 1.82) is 0 Å². The molecule has 1 saturated carbocycles. The Hall–Kier alpha value is -1.40. The molecule has 156 valence electrons. The molecule has 1 aromatic rings. The van der Waals surface area contributed by atoms with Crippen LogP contribution in [0.5, 0.6) is 0 Å². The molecule has 2 aliphatic rings. The Morgan fingerprint density at radius 2 is 1.68 bits per heavy atom. The van der Waals surface area contributed by atoms with Gasteiger partial charge < -0.3 is 4.90 Å². The van der Waals surface area contributed by atoms with Crippen LogP contribution in [0.3, 0.4) is 0 Å². The van der Waals surface area contributed by atoms with Crippen molar-refractivity contribution in [3.8, 4) is 0 Å². The highest BCUT2D eigenvalue weighted by molar-refractivity contribution is 7.89. The van der Waals surface area contributed by atoms with Crippen LogP contribution in [0.15, 0.2) is 29.2 Å². The van der Waals surface area contributed by atoms with Crippen molar-refractivity contribution in [1.82, 2.24) is 9.21 Å². The Morgan fingerprint density at radius 1 is 1.07 bits per heavy atom. The summed E-state index contributed by atoms with van der Waals surface area (Å²) in [5.41, 5.74) is 1.01. The Morgan fingerprint density at radius 3 is 2.21 bits per heavy atom. The summed E-state index contributed by atoms with van der Waals surface area (Å²) in [4.78, 5) is 15.2. The number of hydrogen-bond acceptors (Lipinski definition) is 3. The van der Waals surface area contributed by atoms with E-state index in [0.29, 0.717) is 42.8 Å². The summed E-state index contributed by atoms with van der Waals surface area (Å²) in [6, 6.07) is 7.78. The monoisotopic (exact) mass is 406 g/mol. The third-order valence-electron chi connectivity index (χ3n) is 6.14. The van der Waals surface area contributed by atoms with Crippen LogP contribution < -0.4 is 0 Å². The van der Waals surface area contributed by atoms with Gasteiger partial charge in [0.05, 0.1) is 4.90 Å². The molecule has 6 heteroatoms. The molecule has 0 N–H and O–H groups in total. The second-order valence-electron chi connectivity index (χ2n) is 8.63. The molecular weight excluding hydrogens is 372 g/mol. The lowest BCUT2D eigenvalue weighted by molar-refractivity contribution is -0.134. The van der Waals surface area contributed by atoms with Gasteiger partial charge in [-0.1, -0.05) is 32.4 Å². The smallest absolute Gasteiger partial charge is 0.243 e. The van der Waals surface area contributed by atoms with Crippen LogP contribution in [0, 0.1) is 5.92 Å². The number of hydrogen-bond donors (Lipinski definition) is 0. The van der Waals surface area contributed by atoms with Gasteiger partial charge in [-0.25, -0.2) is 8.42 Å². The minimum atomic E-state index is -3.39. The number of carbonyl (C=O) groups is 1. The fourth-order valence-electron chi connectivity index (χ4n) is 3.90. The number of benzene rings is 1. The maximum Gasteiger partial charge on any atom is 0.243 e. The van der Waals surface area contributed by atoms with Crippen molar-refractivity contribution in [3.63, 3.8) is 0 Å². The first kappa shape index (κ1) is 21.3. The van der Waals surface area contributed by atoms with Crippen molar-refractivity contribution in [2.75, 3.05) is 13.1 Å². The molecule has 5 nitrogen and oxygen atoms in total. The maximum atomic E-state index is 12.8. The summed E-state index contributed by atoms with van der Waals surface area (Å²) in [7, 11) is -3.39. The first-order valence-electron chi connectivity index (χ1n) is 10.7.